The van der Waals surface area contributed by atoms with Gasteiger partial charge in [-0.2, -0.15) is 0 Å². The van der Waals surface area contributed by atoms with Crippen molar-refractivity contribution in [2.24, 2.45) is 5.41 Å². The highest BCUT2D eigenvalue weighted by molar-refractivity contribution is 6.31. The number of rotatable bonds is 3. The first-order chi connectivity index (χ1) is 7.90. The van der Waals surface area contributed by atoms with Crippen molar-refractivity contribution in [3.63, 3.8) is 0 Å². The van der Waals surface area contributed by atoms with Crippen LogP contribution in [0.1, 0.15) is 32.3 Å². The second kappa shape index (κ2) is 4.25. The van der Waals surface area contributed by atoms with Crippen molar-refractivity contribution >= 4 is 11.6 Å². The summed E-state index contributed by atoms with van der Waals surface area (Å²) >= 11 is 6.19. The lowest BCUT2D eigenvalue weighted by Gasteiger charge is -2.54. The zero-order chi connectivity index (χ0) is 12.7. The summed E-state index contributed by atoms with van der Waals surface area (Å²) < 4.78 is 14.0. The molecule has 1 aliphatic rings. The normalized spacial score (nSPS) is 21.0. The molecule has 1 nitrogen and oxygen atoms in total. The van der Waals surface area contributed by atoms with Gasteiger partial charge >= 0.3 is 0 Å². The molecule has 0 amide bonds. The molecule has 1 N–H and O–H groups in total. The van der Waals surface area contributed by atoms with Gasteiger partial charge in [0.2, 0.25) is 0 Å². The van der Waals surface area contributed by atoms with Gasteiger partial charge in [0.1, 0.15) is 5.82 Å². The van der Waals surface area contributed by atoms with Gasteiger partial charge in [0.15, 0.2) is 0 Å². The maximum Gasteiger partial charge on any atom is 0.128 e. The minimum atomic E-state index is -0.178. The van der Waals surface area contributed by atoms with Crippen molar-refractivity contribution in [1.82, 2.24) is 5.32 Å². The molecule has 0 radical (unpaired) electrons. The number of hydrogen-bond donors (Lipinski definition) is 1. The summed E-state index contributed by atoms with van der Waals surface area (Å²) in [5.74, 6) is -0.178. The van der Waals surface area contributed by atoms with Crippen molar-refractivity contribution in [3.8, 4) is 0 Å². The lowest BCUT2D eigenvalue weighted by atomic mass is 9.52. The van der Waals surface area contributed by atoms with Gasteiger partial charge in [-0.3, -0.25) is 0 Å². The largest absolute Gasteiger partial charge is 0.319 e. The highest BCUT2D eigenvalue weighted by Crippen LogP contribution is 2.56. The topological polar surface area (TPSA) is 12.0 Å². The standard InChI is InChI=1S/C14H19ClFN/c1-13(2)7-14(8-13,9-17-3)12-10(15)5-4-6-11(12)16/h4-6,17H,7-9H2,1-3H3. The average molecular weight is 256 g/mol. The number of benzene rings is 1. The van der Waals surface area contributed by atoms with E-state index < -0.39 is 0 Å². The minimum absolute atomic E-state index is 0.138. The third kappa shape index (κ3) is 2.21. The van der Waals surface area contributed by atoms with Crippen LogP contribution in [0.3, 0.4) is 0 Å². The third-order valence-electron chi connectivity index (χ3n) is 3.64. The fourth-order valence-electron chi connectivity index (χ4n) is 3.51. The molecule has 1 saturated carbocycles. The molecule has 1 aromatic rings. The Morgan fingerprint density at radius 1 is 1.35 bits per heavy atom. The van der Waals surface area contributed by atoms with Crippen LogP contribution in [0.15, 0.2) is 18.2 Å². The molecule has 3 heteroatoms. The SMILES string of the molecule is CNCC1(c2c(F)cccc2Cl)CC(C)(C)C1. The summed E-state index contributed by atoms with van der Waals surface area (Å²) in [5.41, 5.74) is 0.832. The molecule has 1 fully saturated rings. The Kier molecular flexibility index (Phi) is 3.21. The van der Waals surface area contributed by atoms with Gasteiger partial charge in [0.05, 0.1) is 0 Å². The van der Waals surface area contributed by atoms with Gasteiger partial charge in [0.25, 0.3) is 0 Å². The van der Waals surface area contributed by atoms with E-state index in [9.17, 15) is 4.39 Å². The molecule has 0 aliphatic heterocycles. The summed E-state index contributed by atoms with van der Waals surface area (Å²) in [6.07, 6.45) is 1.95. The number of nitrogens with one attached hydrogen (secondary N) is 1. The Morgan fingerprint density at radius 2 is 2.00 bits per heavy atom. The van der Waals surface area contributed by atoms with Crippen molar-refractivity contribution < 1.29 is 4.39 Å². The van der Waals surface area contributed by atoms with Crippen LogP contribution in [0.2, 0.25) is 5.02 Å². The fourth-order valence-corrected chi connectivity index (χ4v) is 3.88. The van der Waals surface area contributed by atoms with E-state index in [1.54, 1.807) is 12.1 Å². The molecule has 0 bridgehead atoms. The Hall–Kier alpha value is -0.600. The first-order valence-electron chi connectivity index (χ1n) is 5.99. The molecule has 94 valence electrons. The van der Waals surface area contributed by atoms with E-state index in [0.29, 0.717) is 10.6 Å². The highest BCUT2D eigenvalue weighted by Gasteiger charge is 2.51. The van der Waals surface area contributed by atoms with Crippen LogP contribution in [0, 0.1) is 11.2 Å². The highest BCUT2D eigenvalue weighted by atomic mass is 35.5. The number of likely N-dealkylation sites (N-methyl/N-ethyl adjacent to an activating group) is 1. The first-order valence-corrected chi connectivity index (χ1v) is 6.37. The maximum absolute atomic E-state index is 14.0. The summed E-state index contributed by atoms with van der Waals surface area (Å²) in [7, 11) is 1.90. The molecule has 1 aromatic carbocycles. The summed E-state index contributed by atoms with van der Waals surface area (Å²) in [6, 6.07) is 4.95. The van der Waals surface area contributed by atoms with Gasteiger partial charge < -0.3 is 5.32 Å². The van der Waals surface area contributed by atoms with Crippen LogP contribution in [0.25, 0.3) is 0 Å². The first kappa shape index (κ1) is 12.8. The number of hydrogen-bond acceptors (Lipinski definition) is 1. The van der Waals surface area contributed by atoms with Gasteiger partial charge in [-0.15, -0.1) is 0 Å². The zero-order valence-electron chi connectivity index (χ0n) is 10.6. The van der Waals surface area contributed by atoms with E-state index in [1.807, 2.05) is 7.05 Å². The second-order valence-electron chi connectivity index (χ2n) is 5.93. The lowest BCUT2D eigenvalue weighted by molar-refractivity contribution is 0.0552. The van der Waals surface area contributed by atoms with Crippen LogP contribution in [0.4, 0.5) is 4.39 Å². The van der Waals surface area contributed by atoms with E-state index >= 15 is 0 Å². The van der Waals surface area contributed by atoms with E-state index in [2.05, 4.69) is 19.2 Å². The summed E-state index contributed by atoms with van der Waals surface area (Å²) in [4.78, 5) is 0. The number of halogens is 2. The summed E-state index contributed by atoms with van der Waals surface area (Å²) in [6.45, 7) is 5.21. The molecule has 0 unspecified atom stereocenters. The van der Waals surface area contributed by atoms with Crippen LogP contribution in [0.5, 0.6) is 0 Å². The monoisotopic (exact) mass is 255 g/mol. The molecule has 0 heterocycles. The molecule has 2 rings (SSSR count). The predicted molar refractivity (Wildman–Crippen MR) is 70.0 cm³/mol. The van der Waals surface area contributed by atoms with Crippen molar-refractivity contribution in [1.29, 1.82) is 0 Å². The Labute approximate surface area is 107 Å². The van der Waals surface area contributed by atoms with Gasteiger partial charge in [-0.05, 0) is 37.4 Å². The van der Waals surface area contributed by atoms with Crippen molar-refractivity contribution in [2.75, 3.05) is 13.6 Å². The average Bonchev–Trinajstić information content (AvgIpc) is 2.14. The van der Waals surface area contributed by atoms with Gasteiger partial charge in [-0.1, -0.05) is 31.5 Å². The van der Waals surface area contributed by atoms with Crippen LogP contribution in [-0.2, 0) is 5.41 Å². The molecular formula is C14H19ClFN. The molecular weight excluding hydrogens is 237 g/mol. The van der Waals surface area contributed by atoms with Crippen LogP contribution >= 0.6 is 11.6 Å². The molecule has 1 aliphatic carbocycles. The van der Waals surface area contributed by atoms with Gasteiger partial charge in [-0.25, -0.2) is 4.39 Å². The minimum Gasteiger partial charge on any atom is -0.319 e. The third-order valence-corrected chi connectivity index (χ3v) is 3.96. The smallest absolute Gasteiger partial charge is 0.128 e. The Morgan fingerprint density at radius 3 is 2.47 bits per heavy atom. The molecule has 0 aromatic heterocycles. The second-order valence-corrected chi connectivity index (χ2v) is 6.33. The predicted octanol–water partition coefficient (Wildman–Crippen LogP) is 3.76. The van der Waals surface area contributed by atoms with E-state index in [1.165, 1.54) is 6.07 Å². The molecule has 0 saturated heterocycles. The van der Waals surface area contributed by atoms with E-state index in [-0.39, 0.29) is 16.6 Å². The molecule has 0 spiro atoms. The van der Waals surface area contributed by atoms with Crippen LogP contribution in [-0.4, -0.2) is 13.6 Å². The van der Waals surface area contributed by atoms with Crippen molar-refractivity contribution in [3.05, 3.63) is 34.6 Å². The van der Waals surface area contributed by atoms with E-state index in [0.717, 1.165) is 19.4 Å². The van der Waals surface area contributed by atoms with E-state index in [4.69, 9.17) is 11.6 Å². The summed E-state index contributed by atoms with van der Waals surface area (Å²) in [5, 5.41) is 3.73. The Bertz CT molecular complexity index is 400. The molecule has 0 atom stereocenters. The van der Waals surface area contributed by atoms with Gasteiger partial charge in [0, 0.05) is 22.5 Å². The Balaban J connectivity index is 2.42. The quantitative estimate of drug-likeness (QED) is 0.867. The molecule has 17 heavy (non-hydrogen) atoms. The zero-order valence-corrected chi connectivity index (χ0v) is 11.4. The maximum atomic E-state index is 14.0. The van der Waals surface area contributed by atoms with Crippen LogP contribution < -0.4 is 5.32 Å². The lowest BCUT2D eigenvalue weighted by Crippen LogP contribution is -2.52. The fraction of sp³-hybridized carbons (Fsp3) is 0.571. The van der Waals surface area contributed by atoms with Crippen molar-refractivity contribution in [2.45, 2.75) is 32.1 Å².